The Morgan fingerprint density at radius 1 is 1.21 bits per heavy atom. The van der Waals surface area contributed by atoms with Crippen molar-refractivity contribution in [3.05, 3.63) is 64.2 Å². The molecule has 0 aliphatic heterocycles. The normalized spacial score (nSPS) is 10.8. The fourth-order valence-corrected chi connectivity index (χ4v) is 2.29. The van der Waals surface area contributed by atoms with Crippen LogP contribution in [-0.4, -0.2) is 20.4 Å². The highest BCUT2D eigenvalue weighted by Crippen LogP contribution is 2.18. The number of hydrogen-bond donors (Lipinski definition) is 1. The van der Waals surface area contributed by atoms with E-state index in [-0.39, 0.29) is 11.3 Å². The van der Waals surface area contributed by atoms with Gasteiger partial charge in [0, 0.05) is 6.20 Å². The van der Waals surface area contributed by atoms with Crippen LogP contribution in [0.15, 0.2) is 41.3 Å². The number of benzene rings is 1. The molecule has 0 unspecified atom stereocenters. The van der Waals surface area contributed by atoms with Gasteiger partial charge in [-0.15, -0.1) is 0 Å². The summed E-state index contributed by atoms with van der Waals surface area (Å²) in [5, 5.41) is 2.14. The second kappa shape index (κ2) is 6.15. The van der Waals surface area contributed by atoms with Crippen LogP contribution in [0.3, 0.4) is 0 Å². The Labute approximate surface area is 134 Å². The first-order chi connectivity index (χ1) is 11.5. The van der Waals surface area contributed by atoms with Crippen LogP contribution in [0, 0.1) is 18.6 Å². The SMILES string of the molecule is Cc1nc2cccnc2n(CC(=O)Nc2c(F)cccc2F)c1=O. The molecule has 3 rings (SSSR count). The number of aryl methyl sites for hydroxylation is 1. The number of nitrogens with one attached hydrogen (secondary N) is 1. The number of anilines is 1. The van der Waals surface area contributed by atoms with E-state index in [9.17, 15) is 18.4 Å². The molecule has 0 aliphatic carbocycles. The largest absolute Gasteiger partial charge is 0.320 e. The monoisotopic (exact) mass is 330 g/mol. The lowest BCUT2D eigenvalue weighted by Crippen LogP contribution is -2.30. The van der Waals surface area contributed by atoms with Gasteiger partial charge >= 0.3 is 0 Å². The molecule has 0 aliphatic rings. The third-order valence-corrected chi connectivity index (χ3v) is 3.39. The molecule has 0 fully saturated rings. The van der Waals surface area contributed by atoms with Crippen molar-refractivity contribution in [2.75, 3.05) is 5.32 Å². The van der Waals surface area contributed by atoms with E-state index in [1.165, 1.54) is 19.2 Å². The van der Waals surface area contributed by atoms with E-state index in [1.54, 1.807) is 12.1 Å². The zero-order valence-electron chi connectivity index (χ0n) is 12.6. The number of pyridine rings is 1. The summed E-state index contributed by atoms with van der Waals surface area (Å²) in [6, 6.07) is 6.55. The summed E-state index contributed by atoms with van der Waals surface area (Å²) in [4.78, 5) is 32.5. The maximum Gasteiger partial charge on any atom is 0.274 e. The zero-order chi connectivity index (χ0) is 17.3. The number of carbonyl (C=O) groups excluding carboxylic acids is 1. The molecular formula is C16H12F2N4O2. The Kier molecular flexibility index (Phi) is 4.03. The molecule has 0 saturated carbocycles. The van der Waals surface area contributed by atoms with Crippen molar-refractivity contribution in [3.8, 4) is 0 Å². The molecule has 1 aromatic carbocycles. The van der Waals surface area contributed by atoms with Crippen molar-refractivity contribution in [2.24, 2.45) is 0 Å². The number of fused-ring (bicyclic) bond motifs is 1. The molecular weight excluding hydrogens is 318 g/mol. The van der Waals surface area contributed by atoms with Gasteiger partial charge in [-0.2, -0.15) is 0 Å². The summed E-state index contributed by atoms with van der Waals surface area (Å²) < 4.78 is 28.3. The summed E-state index contributed by atoms with van der Waals surface area (Å²) in [5.74, 6) is -2.55. The van der Waals surface area contributed by atoms with Crippen LogP contribution < -0.4 is 10.9 Å². The van der Waals surface area contributed by atoms with Crippen molar-refractivity contribution >= 4 is 22.8 Å². The molecule has 0 radical (unpaired) electrons. The quantitative estimate of drug-likeness (QED) is 0.797. The first-order valence-corrected chi connectivity index (χ1v) is 7.03. The van der Waals surface area contributed by atoms with E-state index in [4.69, 9.17) is 0 Å². The zero-order valence-corrected chi connectivity index (χ0v) is 12.6. The fourth-order valence-electron chi connectivity index (χ4n) is 2.29. The first kappa shape index (κ1) is 15.7. The summed E-state index contributed by atoms with van der Waals surface area (Å²) in [5.41, 5.74) is -0.193. The predicted molar refractivity (Wildman–Crippen MR) is 83.5 cm³/mol. The van der Waals surface area contributed by atoms with E-state index >= 15 is 0 Å². The van der Waals surface area contributed by atoms with Gasteiger partial charge in [-0.1, -0.05) is 6.07 Å². The number of carbonyl (C=O) groups is 1. The lowest BCUT2D eigenvalue weighted by molar-refractivity contribution is -0.116. The average Bonchev–Trinajstić information content (AvgIpc) is 2.55. The van der Waals surface area contributed by atoms with Crippen molar-refractivity contribution in [2.45, 2.75) is 13.5 Å². The van der Waals surface area contributed by atoms with E-state index in [2.05, 4.69) is 15.3 Å². The van der Waals surface area contributed by atoms with E-state index < -0.39 is 35.3 Å². The molecule has 122 valence electrons. The number of para-hydroxylation sites is 1. The van der Waals surface area contributed by atoms with Gasteiger partial charge in [-0.3, -0.25) is 14.2 Å². The summed E-state index contributed by atoms with van der Waals surface area (Å²) in [6.45, 7) is 1.07. The molecule has 0 atom stereocenters. The van der Waals surface area contributed by atoms with Gasteiger partial charge in [-0.25, -0.2) is 18.7 Å². The molecule has 3 aromatic rings. The molecule has 24 heavy (non-hydrogen) atoms. The average molecular weight is 330 g/mol. The third kappa shape index (κ3) is 2.85. The smallest absolute Gasteiger partial charge is 0.274 e. The molecule has 2 heterocycles. The van der Waals surface area contributed by atoms with Crippen LogP contribution in [0.25, 0.3) is 11.2 Å². The van der Waals surface area contributed by atoms with Crippen LogP contribution >= 0.6 is 0 Å². The lowest BCUT2D eigenvalue weighted by Gasteiger charge is -2.11. The molecule has 1 amide bonds. The Hall–Kier alpha value is -3.16. The minimum Gasteiger partial charge on any atom is -0.320 e. The fraction of sp³-hybridized carbons (Fsp3) is 0.125. The van der Waals surface area contributed by atoms with Gasteiger partial charge < -0.3 is 5.32 Å². The van der Waals surface area contributed by atoms with Crippen LogP contribution in [0.5, 0.6) is 0 Å². The van der Waals surface area contributed by atoms with Gasteiger partial charge in [0.05, 0.1) is 0 Å². The Balaban J connectivity index is 1.97. The van der Waals surface area contributed by atoms with Crippen molar-refractivity contribution < 1.29 is 13.6 Å². The first-order valence-electron chi connectivity index (χ1n) is 7.03. The summed E-state index contributed by atoms with van der Waals surface area (Å²) in [7, 11) is 0. The van der Waals surface area contributed by atoms with Crippen LogP contribution in [0.2, 0.25) is 0 Å². The highest BCUT2D eigenvalue weighted by atomic mass is 19.1. The lowest BCUT2D eigenvalue weighted by atomic mass is 10.3. The van der Waals surface area contributed by atoms with Gasteiger partial charge in [0.25, 0.3) is 5.56 Å². The van der Waals surface area contributed by atoms with Crippen LogP contribution in [0.1, 0.15) is 5.69 Å². The van der Waals surface area contributed by atoms with Gasteiger partial charge in [-0.05, 0) is 31.2 Å². The van der Waals surface area contributed by atoms with Crippen LogP contribution in [-0.2, 0) is 11.3 Å². The standard InChI is InChI=1S/C16H12F2N4O2/c1-9-16(24)22(15-12(20-9)6-3-7-19-15)8-13(23)21-14-10(17)4-2-5-11(14)18/h2-7H,8H2,1H3,(H,21,23). The molecule has 2 aromatic heterocycles. The minimum absolute atomic E-state index is 0.195. The maximum atomic E-state index is 13.6. The summed E-state index contributed by atoms with van der Waals surface area (Å²) >= 11 is 0. The second-order valence-corrected chi connectivity index (χ2v) is 5.08. The number of halogens is 2. The van der Waals surface area contributed by atoms with Crippen molar-refractivity contribution in [1.82, 2.24) is 14.5 Å². The number of hydrogen-bond acceptors (Lipinski definition) is 4. The predicted octanol–water partition coefficient (Wildman–Crippen LogP) is 2.02. The topological polar surface area (TPSA) is 76.9 Å². The molecule has 0 bridgehead atoms. The second-order valence-electron chi connectivity index (χ2n) is 5.08. The molecule has 6 nitrogen and oxygen atoms in total. The van der Waals surface area contributed by atoms with Crippen LogP contribution in [0.4, 0.5) is 14.5 Å². The van der Waals surface area contributed by atoms with Crippen molar-refractivity contribution in [3.63, 3.8) is 0 Å². The van der Waals surface area contributed by atoms with Gasteiger partial charge in [0.2, 0.25) is 5.91 Å². The number of nitrogens with zero attached hydrogens (tertiary/aromatic N) is 3. The number of aromatic nitrogens is 3. The number of amides is 1. The number of rotatable bonds is 3. The molecule has 8 heteroatoms. The summed E-state index contributed by atoms with van der Waals surface area (Å²) in [6.07, 6.45) is 1.46. The van der Waals surface area contributed by atoms with Gasteiger partial charge in [0.1, 0.15) is 35.1 Å². The Morgan fingerprint density at radius 3 is 2.62 bits per heavy atom. The van der Waals surface area contributed by atoms with Crippen molar-refractivity contribution in [1.29, 1.82) is 0 Å². The Morgan fingerprint density at radius 2 is 1.92 bits per heavy atom. The van der Waals surface area contributed by atoms with E-state index in [0.29, 0.717) is 5.52 Å². The highest BCUT2D eigenvalue weighted by molar-refractivity contribution is 5.91. The third-order valence-electron chi connectivity index (χ3n) is 3.39. The maximum absolute atomic E-state index is 13.6. The Bertz CT molecular complexity index is 981. The van der Waals surface area contributed by atoms with E-state index in [1.807, 2.05) is 0 Å². The van der Waals surface area contributed by atoms with Gasteiger partial charge in [0.15, 0.2) is 5.65 Å². The highest BCUT2D eigenvalue weighted by Gasteiger charge is 2.15. The molecule has 0 spiro atoms. The molecule has 0 saturated heterocycles. The minimum atomic E-state index is -0.899. The van der Waals surface area contributed by atoms with E-state index in [0.717, 1.165) is 16.7 Å². The molecule has 1 N–H and O–H groups in total.